The van der Waals surface area contributed by atoms with Crippen molar-refractivity contribution in [3.05, 3.63) is 46.4 Å². The number of benzene rings is 1. The Morgan fingerprint density at radius 3 is 2.57 bits per heavy atom. The third kappa shape index (κ3) is 3.50. The Morgan fingerprint density at radius 1 is 1.24 bits per heavy atom. The molecule has 5 heteroatoms. The first-order valence-electron chi connectivity index (χ1n) is 6.63. The predicted octanol–water partition coefficient (Wildman–Crippen LogP) is 4.35. The molecule has 1 N–H and O–H groups in total. The first-order valence-corrected chi connectivity index (χ1v) is 7.01. The van der Waals surface area contributed by atoms with Crippen LogP contribution in [0.3, 0.4) is 0 Å². The van der Waals surface area contributed by atoms with E-state index in [0.717, 1.165) is 11.3 Å². The Labute approximate surface area is 129 Å². The molecule has 0 aliphatic carbocycles. The Kier molecular flexibility index (Phi) is 4.15. The summed E-state index contributed by atoms with van der Waals surface area (Å²) in [7, 11) is 0. The maximum absolute atomic E-state index is 8.95. The molecule has 1 heterocycles. The second-order valence-electron chi connectivity index (χ2n) is 5.88. The number of hydrogen-bond donors (Lipinski definition) is 1. The molecule has 0 unspecified atom stereocenters. The van der Waals surface area contributed by atoms with Crippen LogP contribution in [0, 0.1) is 18.3 Å². The summed E-state index contributed by atoms with van der Waals surface area (Å²) in [5.41, 5.74) is 1.98. The molecule has 2 rings (SSSR count). The lowest BCUT2D eigenvalue weighted by Gasteiger charge is -2.19. The highest BCUT2D eigenvalue weighted by Crippen LogP contribution is 2.28. The van der Waals surface area contributed by atoms with Gasteiger partial charge in [0.15, 0.2) is 0 Å². The minimum atomic E-state index is -0.192. The van der Waals surface area contributed by atoms with Crippen LogP contribution in [0.5, 0.6) is 0 Å². The van der Waals surface area contributed by atoms with Gasteiger partial charge in [-0.15, -0.1) is 0 Å². The Bertz CT molecular complexity index is 711. The lowest BCUT2D eigenvalue weighted by Crippen LogP contribution is -2.17. The SMILES string of the molecule is Cc1c(Cl)nc(C(C)(C)C)nc1Nc1cccc(C#N)c1. The molecule has 0 radical (unpaired) electrons. The van der Waals surface area contributed by atoms with Gasteiger partial charge in [-0.2, -0.15) is 5.26 Å². The maximum atomic E-state index is 8.95. The average Bonchev–Trinajstić information content (AvgIpc) is 2.42. The smallest absolute Gasteiger partial charge is 0.138 e. The number of anilines is 2. The van der Waals surface area contributed by atoms with E-state index in [1.165, 1.54) is 0 Å². The lowest BCUT2D eigenvalue weighted by atomic mass is 9.95. The molecule has 0 aliphatic heterocycles. The van der Waals surface area contributed by atoms with E-state index in [1.807, 2.05) is 39.8 Å². The van der Waals surface area contributed by atoms with Gasteiger partial charge in [-0.25, -0.2) is 9.97 Å². The summed E-state index contributed by atoms with van der Waals surface area (Å²) in [6, 6.07) is 9.35. The second kappa shape index (κ2) is 5.71. The van der Waals surface area contributed by atoms with Gasteiger partial charge >= 0.3 is 0 Å². The van der Waals surface area contributed by atoms with Gasteiger partial charge in [0.1, 0.15) is 16.8 Å². The van der Waals surface area contributed by atoms with Gasteiger partial charge in [-0.3, -0.25) is 0 Å². The van der Waals surface area contributed by atoms with Crippen LogP contribution >= 0.6 is 11.6 Å². The summed E-state index contributed by atoms with van der Waals surface area (Å²) in [5, 5.41) is 12.6. The zero-order chi connectivity index (χ0) is 15.6. The number of aromatic nitrogens is 2. The van der Waals surface area contributed by atoms with Crippen LogP contribution in [0.25, 0.3) is 0 Å². The molecule has 0 amide bonds. The van der Waals surface area contributed by atoms with Crippen molar-refractivity contribution < 1.29 is 0 Å². The lowest BCUT2D eigenvalue weighted by molar-refractivity contribution is 0.545. The van der Waals surface area contributed by atoms with Gasteiger partial charge in [0.25, 0.3) is 0 Å². The van der Waals surface area contributed by atoms with Crippen molar-refractivity contribution in [2.75, 3.05) is 5.32 Å². The van der Waals surface area contributed by atoms with Crippen molar-refractivity contribution in [3.8, 4) is 6.07 Å². The third-order valence-electron chi connectivity index (χ3n) is 3.01. The van der Waals surface area contributed by atoms with E-state index >= 15 is 0 Å². The Hall–Kier alpha value is -2.12. The summed E-state index contributed by atoms with van der Waals surface area (Å²) in [4.78, 5) is 8.91. The van der Waals surface area contributed by atoms with E-state index in [-0.39, 0.29) is 5.41 Å². The number of halogens is 1. The quantitative estimate of drug-likeness (QED) is 0.837. The van der Waals surface area contributed by atoms with Crippen molar-refractivity contribution in [2.24, 2.45) is 0 Å². The number of nitriles is 1. The van der Waals surface area contributed by atoms with E-state index in [0.29, 0.717) is 22.4 Å². The van der Waals surface area contributed by atoms with E-state index in [1.54, 1.807) is 12.1 Å². The number of nitrogens with zero attached hydrogens (tertiary/aromatic N) is 3. The van der Waals surface area contributed by atoms with Crippen molar-refractivity contribution >= 4 is 23.1 Å². The first kappa shape index (κ1) is 15.3. The van der Waals surface area contributed by atoms with Crippen molar-refractivity contribution in [1.29, 1.82) is 5.26 Å². The Balaban J connectivity index is 2.44. The molecule has 1 aromatic carbocycles. The van der Waals surface area contributed by atoms with Gasteiger partial charge in [-0.05, 0) is 25.1 Å². The topological polar surface area (TPSA) is 61.6 Å². The van der Waals surface area contributed by atoms with E-state index in [4.69, 9.17) is 16.9 Å². The van der Waals surface area contributed by atoms with Crippen LogP contribution in [-0.4, -0.2) is 9.97 Å². The molecule has 0 aliphatic rings. The molecular formula is C16H17ClN4. The van der Waals surface area contributed by atoms with Crippen molar-refractivity contribution in [1.82, 2.24) is 9.97 Å². The predicted molar refractivity (Wildman–Crippen MR) is 84.9 cm³/mol. The van der Waals surface area contributed by atoms with E-state index in [2.05, 4.69) is 21.4 Å². The molecule has 2 aromatic rings. The molecule has 0 saturated carbocycles. The average molecular weight is 301 g/mol. The standard InChI is InChI=1S/C16H17ClN4/c1-10-13(17)20-15(16(2,3)4)21-14(10)19-12-7-5-6-11(8-12)9-18/h5-8H,1-4H3,(H,19,20,21). The second-order valence-corrected chi connectivity index (χ2v) is 6.24. The molecule has 0 saturated heterocycles. The van der Waals surface area contributed by atoms with Crippen LogP contribution < -0.4 is 5.32 Å². The van der Waals surface area contributed by atoms with Crippen LogP contribution in [0.1, 0.15) is 37.7 Å². The summed E-state index contributed by atoms with van der Waals surface area (Å²) < 4.78 is 0. The summed E-state index contributed by atoms with van der Waals surface area (Å²) in [6.45, 7) is 7.97. The molecule has 0 atom stereocenters. The number of hydrogen-bond acceptors (Lipinski definition) is 4. The van der Waals surface area contributed by atoms with Gasteiger partial charge < -0.3 is 5.32 Å². The van der Waals surface area contributed by atoms with Crippen LogP contribution in [0.2, 0.25) is 5.15 Å². The number of nitrogens with one attached hydrogen (secondary N) is 1. The zero-order valence-electron chi connectivity index (χ0n) is 12.5. The van der Waals surface area contributed by atoms with Gasteiger partial charge in [0.2, 0.25) is 0 Å². The summed E-state index contributed by atoms with van der Waals surface area (Å²) >= 11 is 6.21. The fraction of sp³-hybridized carbons (Fsp3) is 0.312. The Morgan fingerprint density at radius 2 is 1.95 bits per heavy atom. The molecule has 0 fully saturated rings. The molecule has 0 spiro atoms. The van der Waals surface area contributed by atoms with E-state index in [9.17, 15) is 0 Å². The molecule has 108 valence electrons. The number of rotatable bonds is 2. The molecule has 21 heavy (non-hydrogen) atoms. The highest BCUT2D eigenvalue weighted by molar-refractivity contribution is 6.30. The van der Waals surface area contributed by atoms with Crippen LogP contribution in [0.15, 0.2) is 24.3 Å². The zero-order valence-corrected chi connectivity index (χ0v) is 13.3. The largest absolute Gasteiger partial charge is 0.340 e. The van der Waals surface area contributed by atoms with Gasteiger partial charge in [0.05, 0.1) is 11.6 Å². The fourth-order valence-corrected chi connectivity index (χ4v) is 1.92. The monoisotopic (exact) mass is 300 g/mol. The third-order valence-corrected chi connectivity index (χ3v) is 3.38. The molecule has 0 bridgehead atoms. The van der Waals surface area contributed by atoms with E-state index < -0.39 is 0 Å². The fourth-order valence-electron chi connectivity index (χ4n) is 1.75. The summed E-state index contributed by atoms with van der Waals surface area (Å²) in [5.74, 6) is 1.34. The van der Waals surface area contributed by atoms with Crippen molar-refractivity contribution in [3.63, 3.8) is 0 Å². The molecule has 1 aromatic heterocycles. The maximum Gasteiger partial charge on any atom is 0.138 e. The van der Waals surface area contributed by atoms with Crippen LogP contribution in [-0.2, 0) is 5.41 Å². The van der Waals surface area contributed by atoms with Crippen LogP contribution in [0.4, 0.5) is 11.5 Å². The van der Waals surface area contributed by atoms with Gasteiger partial charge in [0, 0.05) is 16.7 Å². The minimum absolute atomic E-state index is 0.192. The first-order chi connectivity index (χ1) is 9.81. The highest BCUT2D eigenvalue weighted by atomic mass is 35.5. The molecular weight excluding hydrogens is 284 g/mol. The van der Waals surface area contributed by atoms with Crippen molar-refractivity contribution in [2.45, 2.75) is 33.1 Å². The molecule has 4 nitrogen and oxygen atoms in total. The summed E-state index contributed by atoms with van der Waals surface area (Å²) in [6.07, 6.45) is 0. The normalized spacial score (nSPS) is 11.0. The van der Waals surface area contributed by atoms with Gasteiger partial charge in [-0.1, -0.05) is 38.4 Å². The highest BCUT2D eigenvalue weighted by Gasteiger charge is 2.20. The minimum Gasteiger partial charge on any atom is -0.340 e.